The molecule has 20 valence electrons. The van der Waals surface area contributed by atoms with Crippen LogP contribution in [-0.2, 0) is 0 Å². The van der Waals surface area contributed by atoms with Crippen LogP contribution < -0.4 is 0 Å². The van der Waals surface area contributed by atoms with E-state index >= 15 is 0 Å². The van der Waals surface area contributed by atoms with Crippen LogP contribution in [0.15, 0.2) is 0 Å². The number of hydrogen-bond donors (Lipinski definition) is 2. The van der Waals surface area contributed by atoms with Crippen molar-refractivity contribution < 1.29 is 0 Å². The molecule has 0 radical (unpaired) electrons. The van der Waals surface area contributed by atoms with Crippen LogP contribution in [0, 0.1) is 11.0 Å². The number of hydrogen-bond acceptors (Lipinski definition) is 0. The topological polar surface area (TPSA) is 31.6 Å². The molecule has 0 fully saturated rings. The standard InChI is InChI=1S/C2H2N2/c3-1-2(3)4-1/h3-4H. The predicted octanol–water partition coefficient (Wildman–Crippen LogP) is -0.0568. The lowest BCUT2D eigenvalue weighted by Crippen LogP contribution is -1.49. The minimum Gasteiger partial charge on any atom is -0.322 e. The first-order chi connectivity index (χ1) is 1.97. The van der Waals surface area contributed by atoms with Crippen LogP contribution in [0.4, 0.5) is 0 Å². The molecule has 4 heavy (non-hydrogen) atoms. The zero-order valence-electron chi connectivity index (χ0n) is 2.00. The molecule has 0 spiro atoms. The Balaban J connectivity index is 3.92. The highest BCUT2D eigenvalue weighted by Crippen LogP contribution is 1.96. The molecule has 0 unspecified atom stereocenters. The molecule has 2 rings (SSSR count). The average Bonchev–Trinajstić information content (AvgIpc) is 1.36. The molecule has 0 aromatic carbocycles. The monoisotopic (exact) mass is 54.0 g/mol. The van der Waals surface area contributed by atoms with Crippen LogP contribution in [0.5, 0.6) is 0 Å². The highest BCUT2D eigenvalue weighted by atomic mass is 15.1. The van der Waals surface area contributed by atoms with E-state index < -0.39 is 0 Å². The van der Waals surface area contributed by atoms with E-state index in [1.54, 1.807) is 0 Å². The third-order valence-corrected chi connectivity index (χ3v) is 0.625. The molecule has 0 atom stereocenters. The van der Waals surface area contributed by atoms with Crippen molar-refractivity contribution in [2.75, 3.05) is 0 Å². The maximum absolute atomic E-state index is 2.92. The number of rotatable bonds is 0. The van der Waals surface area contributed by atoms with E-state index in [1.165, 1.54) is 11.0 Å². The second kappa shape index (κ2) is 0.0780. The van der Waals surface area contributed by atoms with Crippen LogP contribution in [0.2, 0.25) is 0 Å². The smallest absolute Gasteiger partial charge is 0.152 e. The summed E-state index contributed by atoms with van der Waals surface area (Å²) >= 11 is 0. The van der Waals surface area contributed by atoms with Crippen LogP contribution in [0.25, 0.3) is 0 Å². The number of aromatic nitrogens is 2. The van der Waals surface area contributed by atoms with Gasteiger partial charge in [0.25, 0.3) is 0 Å². The van der Waals surface area contributed by atoms with Gasteiger partial charge in [0.15, 0.2) is 11.0 Å². The first kappa shape index (κ1) is 0.971. The molecular formula is C2H2N2. The number of aromatic amines is 2. The van der Waals surface area contributed by atoms with Crippen LogP contribution in [0.3, 0.4) is 0 Å². The Labute approximate surface area is 22.2 Å². The minimum absolute atomic E-state index is 1.25. The normalized spacial score (nSPS) is 13.0. The van der Waals surface area contributed by atoms with Crippen molar-refractivity contribution in [1.29, 1.82) is 0 Å². The summed E-state index contributed by atoms with van der Waals surface area (Å²) in [7, 11) is 0. The quantitative estimate of drug-likeness (QED) is 0.422. The van der Waals surface area contributed by atoms with Gasteiger partial charge in [-0.1, -0.05) is 0 Å². The third kappa shape index (κ3) is 0.00288. The molecule has 0 aromatic heterocycles. The molecule has 2 N–H and O–H groups in total. The maximum Gasteiger partial charge on any atom is 0.152 e. The minimum atomic E-state index is 1.25. The van der Waals surface area contributed by atoms with Gasteiger partial charge in [0, 0.05) is 0 Å². The molecule has 2 heterocycles. The largest absolute Gasteiger partial charge is 0.322 e. The Hall–Kier alpha value is -0.660. The third-order valence-electron chi connectivity index (χ3n) is 0.625. The van der Waals surface area contributed by atoms with Crippen molar-refractivity contribution in [3.63, 3.8) is 0 Å². The average molecular weight is 54.1 g/mol. The number of H-pyrrole nitrogens is 2. The molecule has 0 bridgehead atoms. The summed E-state index contributed by atoms with van der Waals surface area (Å²) in [6.45, 7) is 0. The molecule has 0 aromatic rings. The zero-order chi connectivity index (χ0) is 2.57. The Morgan fingerprint density at radius 1 is 1.00 bits per heavy atom. The van der Waals surface area contributed by atoms with E-state index in [-0.39, 0.29) is 0 Å². The Morgan fingerprint density at radius 3 is 1.25 bits per heavy atom. The predicted molar refractivity (Wildman–Crippen MR) is 12.8 cm³/mol. The van der Waals surface area contributed by atoms with Gasteiger partial charge in [0.1, 0.15) is 0 Å². The van der Waals surface area contributed by atoms with Gasteiger partial charge in [-0.05, 0) is 0 Å². The van der Waals surface area contributed by atoms with E-state index in [1.807, 2.05) is 0 Å². The first-order valence-electron chi connectivity index (χ1n) is 1.25. The maximum atomic E-state index is 2.92. The fourth-order valence-corrected chi connectivity index (χ4v) is 0.188. The van der Waals surface area contributed by atoms with E-state index in [0.29, 0.717) is 0 Å². The lowest BCUT2D eigenvalue weighted by Gasteiger charge is -1.47. The molecule has 0 saturated heterocycles. The SMILES string of the molecule is [nH]1c2[nH]c1=2. The highest BCUT2D eigenvalue weighted by Gasteiger charge is 2.01. The Bertz CT molecular complexity index is 155. The van der Waals surface area contributed by atoms with Crippen molar-refractivity contribution >= 4 is 0 Å². The van der Waals surface area contributed by atoms with Gasteiger partial charge in [-0.3, -0.25) is 0 Å². The van der Waals surface area contributed by atoms with Crippen molar-refractivity contribution in [2.45, 2.75) is 0 Å². The molecule has 2 aliphatic heterocycles. The van der Waals surface area contributed by atoms with Crippen molar-refractivity contribution in [3.8, 4) is 0 Å². The molecule has 0 saturated carbocycles. The molecule has 0 amide bonds. The van der Waals surface area contributed by atoms with Crippen LogP contribution in [-0.4, -0.2) is 9.97 Å². The molecule has 0 aliphatic carbocycles. The summed E-state index contributed by atoms with van der Waals surface area (Å²) in [5.41, 5.74) is 2.50. The fraction of sp³-hybridized carbons (Fsp3) is 0. The van der Waals surface area contributed by atoms with Gasteiger partial charge < -0.3 is 9.97 Å². The fourth-order valence-electron chi connectivity index (χ4n) is 0.188. The lowest BCUT2D eigenvalue weighted by molar-refractivity contribution is 1.22. The van der Waals surface area contributed by atoms with Crippen molar-refractivity contribution in [1.82, 2.24) is 9.97 Å². The van der Waals surface area contributed by atoms with E-state index in [0.717, 1.165) is 0 Å². The van der Waals surface area contributed by atoms with Crippen LogP contribution in [0.1, 0.15) is 0 Å². The summed E-state index contributed by atoms with van der Waals surface area (Å²) in [5, 5.41) is 0. The summed E-state index contributed by atoms with van der Waals surface area (Å²) in [5.74, 6) is 0. The summed E-state index contributed by atoms with van der Waals surface area (Å²) in [6, 6.07) is 0. The molecular weight excluding hydrogens is 52.0 g/mol. The highest BCUT2D eigenvalue weighted by molar-refractivity contribution is 4.93. The van der Waals surface area contributed by atoms with E-state index in [9.17, 15) is 0 Å². The van der Waals surface area contributed by atoms with Gasteiger partial charge in [0.2, 0.25) is 0 Å². The van der Waals surface area contributed by atoms with Crippen molar-refractivity contribution in [3.05, 3.63) is 11.0 Å². The van der Waals surface area contributed by atoms with Gasteiger partial charge in [-0.15, -0.1) is 0 Å². The van der Waals surface area contributed by atoms with Gasteiger partial charge in [-0.2, -0.15) is 0 Å². The molecule has 2 aliphatic rings. The molecule has 2 heteroatoms. The second-order valence-corrected chi connectivity index (χ2v) is 1.00. The lowest BCUT2D eigenvalue weighted by atomic mass is 11.3. The summed E-state index contributed by atoms with van der Waals surface area (Å²) in [4.78, 5) is 5.83. The molecule has 2 nitrogen and oxygen atoms in total. The summed E-state index contributed by atoms with van der Waals surface area (Å²) < 4.78 is 0. The summed E-state index contributed by atoms with van der Waals surface area (Å²) in [6.07, 6.45) is 0. The zero-order valence-corrected chi connectivity index (χ0v) is 2.00. The van der Waals surface area contributed by atoms with Crippen molar-refractivity contribution in [2.24, 2.45) is 0 Å². The Morgan fingerprint density at radius 2 is 1.25 bits per heavy atom. The Kier molecular flexibility index (Phi) is 0.0189. The van der Waals surface area contributed by atoms with Gasteiger partial charge in [-0.25, -0.2) is 0 Å². The van der Waals surface area contributed by atoms with Gasteiger partial charge in [0.05, 0.1) is 0 Å². The van der Waals surface area contributed by atoms with E-state index in [4.69, 9.17) is 0 Å². The number of nitrogens with one attached hydrogen (secondary N) is 2. The second-order valence-electron chi connectivity index (χ2n) is 1.00. The van der Waals surface area contributed by atoms with Gasteiger partial charge >= 0.3 is 0 Å². The van der Waals surface area contributed by atoms with E-state index in [2.05, 4.69) is 9.97 Å². The van der Waals surface area contributed by atoms with Crippen LogP contribution >= 0.6 is 0 Å². The first-order valence-corrected chi connectivity index (χ1v) is 1.25.